The minimum Gasteiger partial charge on any atom is -0.396 e. The number of aromatic amines is 1. The molecule has 0 atom stereocenters. The number of benzene rings is 2. The van der Waals surface area contributed by atoms with Gasteiger partial charge in [-0.15, -0.1) is 0 Å². The van der Waals surface area contributed by atoms with Crippen molar-refractivity contribution in [3.63, 3.8) is 0 Å². The molecule has 0 amide bonds. The average molecular weight is 602 g/mol. The maximum Gasteiger partial charge on any atom is 0.355 e. The van der Waals surface area contributed by atoms with Gasteiger partial charge in [0.25, 0.3) is 5.56 Å². The zero-order valence-corrected chi connectivity index (χ0v) is 22.8. The SMILES string of the molecule is Cn1nc2cc(Cl)c(Nc3nc(=O)n(Cc4ccc[nH]c4=O)c(=O)n3Cc3cc(F)c(F)c(F)c3)cc2c1CCCO. The quantitative estimate of drug-likeness (QED) is 0.221. The Morgan fingerprint density at radius 1 is 1.05 bits per heavy atom. The number of aromatic nitrogens is 6. The molecule has 2 aromatic carbocycles. The Balaban J connectivity index is 1.65. The lowest BCUT2D eigenvalue weighted by Crippen LogP contribution is -2.43. The van der Waals surface area contributed by atoms with Crippen LogP contribution in [0.15, 0.2) is 57.0 Å². The summed E-state index contributed by atoms with van der Waals surface area (Å²) in [6.07, 6.45) is 2.37. The minimum absolute atomic E-state index is 0.0305. The van der Waals surface area contributed by atoms with Crippen LogP contribution in [0.2, 0.25) is 5.02 Å². The standard InChI is InChI=1S/C27H23ClF3N7O4/c1-36-22(5-3-7-39)16-10-21(17(28)11-20(16)35-36)33-25-34-26(41)38(13-15-4-2-6-32-24(15)40)27(42)37(25)12-14-8-18(29)23(31)19(30)9-14/h2,4,6,8-11,39H,3,5,7,12-13H2,1H3,(H,32,40)(H,33,34,41). The number of aryl methyl sites for hydroxylation is 2. The summed E-state index contributed by atoms with van der Waals surface area (Å²) < 4.78 is 44.9. The lowest BCUT2D eigenvalue weighted by atomic mass is 10.1. The van der Waals surface area contributed by atoms with Crippen molar-refractivity contribution in [1.82, 2.24) is 28.9 Å². The number of hydrogen-bond donors (Lipinski definition) is 3. The Hall–Kier alpha value is -4.69. The van der Waals surface area contributed by atoms with Gasteiger partial charge in [0.2, 0.25) is 5.95 Å². The summed E-state index contributed by atoms with van der Waals surface area (Å²) in [6, 6.07) is 7.57. The Kier molecular flexibility index (Phi) is 8.00. The number of hydrogen-bond acceptors (Lipinski definition) is 7. The Labute approximate surface area is 239 Å². The van der Waals surface area contributed by atoms with Crippen molar-refractivity contribution in [2.75, 3.05) is 11.9 Å². The number of H-pyrrole nitrogens is 1. The number of fused-ring (bicyclic) bond motifs is 1. The second-order valence-electron chi connectivity index (χ2n) is 9.44. The molecule has 3 N–H and O–H groups in total. The van der Waals surface area contributed by atoms with E-state index in [4.69, 9.17) is 11.6 Å². The van der Waals surface area contributed by atoms with Gasteiger partial charge in [0.1, 0.15) is 0 Å². The highest BCUT2D eigenvalue weighted by Gasteiger charge is 2.19. The van der Waals surface area contributed by atoms with Crippen LogP contribution in [0.1, 0.15) is 23.2 Å². The molecule has 15 heteroatoms. The monoisotopic (exact) mass is 601 g/mol. The molecule has 42 heavy (non-hydrogen) atoms. The van der Waals surface area contributed by atoms with Crippen LogP contribution in [0.25, 0.3) is 10.9 Å². The number of halogens is 4. The summed E-state index contributed by atoms with van der Waals surface area (Å²) in [5, 5.41) is 17.4. The molecule has 0 aliphatic carbocycles. The molecule has 5 rings (SSSR count). The molecular weight excluding hydrogens is 579 g/mol. The smallest absolute Gasteiger partial charge is 0.355 e. The first-order chi connectivity index (χ1) is 20.1. The van der Waals surface area contributed by atoms with E-state index in [2.05, 4.69) is 20.4 Å². The molecule has 3 heterocycles. The van der Waals surface area contributed by atoms with Crippen LogP contribution in [-0.4, -0.2) is 40.6 Å². The van der Waals surface area contributed by atoms with Crippen LogP contribution in [-0.2, 0) is 26.6 Å². The highest BCUT2D eigenvalue weighted by atomic mass is 35.5. The lowest BCUT2D eigenvalue weighted by Gasteiger charge is -2.16. The van der Waals surface area contributed by atoms with E-state index in [1.54, 1.807) is 23.9 Å². The van der Waals surface area contributed by atoms with Crippen molar-refractivity contribution in [2.45, 2.75) is 25.9 Å². The van der Waals surface area contributed by atoms with E-state index in [1.807, 2.05) is 0 Å². The fourth-order valence-corrected chi connectivity index (χ4v) is 4.77. The second kappa shape index (κ2) is 11.7. The van der Waals surface area contributed by atoms with Crippen LogP contribution < -0.4 is 22.3 Å². The third kappa shape index (κ3) is 5.58. The average Bonchev–Trinajstić information content (AvgIpc) is 3.24. The summed E-state index contributed by atoms with van der Waals surface area (Å²) in [4.78, 5) is 45.3. The van der Waals surface area contributed by atoms with Crippen molar-refractivity contribution in [1.29, 1.82) is 0 Å². The molecule has 0 unspecified atom stereocenters. The van der Waals surface area contributed by atoms with E-state index in [0.717, 1.165) is 10.3 Å². The van der Waals surface area contributed by atoms with Crippen LogP contribution in [0, 0.1) is 17.5 Å². The summed E-state index contributed by atoms with van der Waals surface area (Å²) in [5.41, 5.74) is -0.970. The first-order valence-corrected chi connectivity index (χ1v) is 13.0. The summed E-state index contributed by atoms with van der Waals surface area (Å²) >= 11 is 6.50. The molecule has 5 aromatic rings. The van der Waals surface area contributed by atoms with Gasteiger partial charge in [-0.25, -0.2) is 27.3 Å². The van der Waals surface area contributed by atoms with Crippen LogP contribution >= 0.6 is 11.6 Å². The van der Waals surface area contributed by atoms with Crippen molar-refractivity contribution in [3.8, 4) is 0 Å². The zero-order valence-electron chi connectivity index (χ0n) is 22.0. The van der Waals surface area contributed by atoms with Crippen LogP contribution in [0.4, 0.5) is 24.8 Å². The van der Waals surface area contributed by atoms with Gasteiger partial charge in [-0.3, -0.25) is 14.0 Å². The summed E-state index contributed by atoms with van der Waals surface area (Å²) in [5.74, 6) is -4.94. The van der Waals surface area contributed by atoms with Crippen LogP contribution in [0.3, 0.4) is 0 Å². The van der Waals surface area contributed by atoms with Gasteiger partial charge < -0.3 is 15.4 Å². The Morgan fingerprint density at radius 3 is 2.48 bits per heavy atom. The van der Waals surface area contributed by atoms with Gasteiger partial charge in [0.15, 0.2) is 17.5 Å². The number of anilines is 2. The molecule has 0 bridgehead atoms. The van der Waals surface area contributed by atoms with Gasteiger partial charge in [-0.2, -0.15) is 10.1 Å². The fraction of sp³-hybridized carbons (Fsp3) is 0.222. The summed E-state index contributed by atoms with van der Waals surface area (Å²) in [7, 11) is 1.74. The first-order valence-electron chi connectivity index (χ1n) is 12.6. The fourth-order valence-electron chi connectivity index (χ4n) is 4.57. The molecule has 0 aliphatic rings. The molecule has 0 radical (unpaired) electrons. The first kappa shape index (κ1) is 28.8. The molecule has 11 nitrogen and oxygen atoms in total. The molecular formula is C27H23ClF3N7O4. The van der Waals surface area contributed by atoms with Gasteiger partial charge in [0.05, 0.1) is 29.3 Å². The normalized spacial score (nSPS) is 11.4. The number of pyridine rings is 1. The van der Waals surface area contributed by atoms with Gasteiger partial charge >= 0.3 is 11.4 Å². The second-order valence-corrected chi connectivity index (χ2v) is 9.85. The predicted octanol–water partition coefficient (Wildman–Crippen LogP) is 2.82. The van der Waals surface area contributed by atoms with Gasteiger partial charge in [-0.05, 0) is 48.7 Å². The molecule has 3 aromatic heterocycles. The Bertz CT molecular complexity index is 1980. The third-order valence-electron chi connectivity index (χ3n) is 6.63. The molecule has 0 saturated heterocycles. The molecule has 0 saturated carbocycles. The van der Waals surface area contributed by atoms with Gasteiger partial charge in [0, 0.05) is 36.5 Å². The van der Waals surface area contributed by atoms with Crippen molar-refractivity contribution in [2.24, 2.45) is 7.05 Å². The van der Waals surface area contributed by atoms with E-state index in [1.165, 1.54) is 18.3 Å². The number of aliphatic hydroxyl groups excluding tert-OH is 1. The summed E-state index contributed by atoms with van der Waals surface area (Å²) in [6.45, 7) is -0.997. The van der Waals surface area contributed by atoms with E-state index in [-0.39, 0.29) is 34.4 Å². The zero-order chi connectivity index (χ0) is 30.1. The highest BCUT2D eigenvalue weighted by molar-refractivity contribution is 6.34. The van der Waals surface area contributed by atoms with E-state index >= 15 is 0 Å². The van der Waals surface area contributed by atoms with Crippen molar-refractivity contribution >= 4 is 34.1 Å². The van der Waals surface area contributed by atoms with Gasteiger partial charge in [-0.1, -0.05) is 17.7 Å². The number of nitrogens with one attached hydrogen (secondary N) is 2. The Morgan fingerprint density at radius 2 is 1.79 bits per heavy atom. The lowest BCUT2D eigenvalue weighted by molar-refractivity contribution is 0.287. The topological polar surface area (TPSA) is 140 Å². The molecule has 0 aliphatic heterocycles. The maximum absolute atomic E-state index is 14.0. The number of aliphatic hydroxyl groups is 1. The predicted molar refractivity (Wildman–Crippen MR) is 149 cm³/mol. The molecule has 0 spiro atoms. The third-order valence-corrected chi connectivity index (χ3v) is 6.94. The van der Waals surface area contributed by atoms with E-state index in [9.17, 15) is 32.7 Å². The molecule has 0 fully saturated rings. The van der Waals surface area contributed by atoms with Crippen molar-refractivity contribution < 1.29 is 18.3 Å². The van der Waals surface area contributed by atoms with E-state index in [0.29, 0.717) is 40.4 Å². The van der Waals surface area contributed by atoms with Crippen LogP contribution in [0.5, 0.6) is 0 Å². The highest BCUT2D eigenvalue weighted by Crippen LogP contribution is 2.31. The minimum atomic E-state index is -1.68. The number of nitrogens with zero attached hydrogens (tertiary/aromatic N) is 5. The number of rotatable bonds is 9. The van der Waals surface area contributed by atoms with E-state index < -0.39 is 47.5 Å². The van der Waals surface area contributed by atoms with Crippen molar-refractivity contribution in [3.05, 3.63) is 113 Å². The maximum atomic E-state index is 14.0. The molecule has 218 valence electrons. The largest absolute Gasteiger partial charge is 0.396 e.